The van der Waals surface area contributed by atoms with E-state index in [-0.39, 0.29) is 6.04 Å². The Hall–Kier alpha value is -1.52. The van der Waals surface area contributed by atoms with E-state index in [2.05, 4.69) is 37.4 Å². The Morgan fingerprint density at radius 1 is 1.10 bits per heavy atom. The molecule has 1 aromatic heterocycles. The zero-order chi connectivity index (χ0) is 14.5. The Balaban J connectivity index is 2.39. The van der Waals surface area contributed by atoms with E-state index in [1.165, 1.54) is 15.3 Å². The number of nitrogens with one attached hydrogen (secondary N) is 1. The van der Waals surface area contributed by atoms with E-state index in [1.807, 2.05) is 23.5 Å². The van der Waals surface area contributed by atoms with E-state index >= 15 is 0 Å². The van der Waals surface area contributed by atoms with E-state index in [0.717, 1.165) is 18.0 Å². The van der Waals surface area contributed by atoms with Crippen molar-refractivity contribution in [1.82, 2.24) is 5.32 Å². The van der Waals surface area contributed by atoms with Gasteiger partial charge in [0.25, 0.3) is 0 Å². The molecule has 0 spiro atoms. The smallest absolute Gasteiger partial charge is 0.161 e. The molecular weight excluding hydrogens is 270 g/mol. The number of methoxy groups -OCH3 is 2. The molecule has 108 valence electrons. The third-order valence-corrected chi connectivity index (χ3v) is 4.26. The van der Waals surface area contributed by atoms with Gasteiger partial charge in [-0.3, -0.25) is 0 Å². The molecule has 1 atom stereocenters. The van der Waals surface area contributed by atoms with Crippen molar-refractivity contribution in [3.05, 3.63) is 45.6 Å². The highest BCUT2D eigenvalue weighted by Crippen LogP contribution is 2.34. The summed E-state index contributed by atoms with van der Waals surface area (Å²) < 4.78 is 10.7. The summed E-state index contributed by atoms with van der Waals surface area (Å²) in [6.07, 6.45) is 0. The SMILES string of the molecule is CCNC(c1ccc(OC)c(OC)c1)c1ccc(C)s1. The van der Waals surface area contributed by atoms with Crippen LogP contribution in [0.4, 0.5) is 0 Å². The first-order valence-electron chi connectivity index (χ1n) is 6.71. The number of benzene rings is 1. The van der Waals surface area contributed by atoms with Crippen LogP contribution in [-0.4, -0.2) is 20.8 Å². The van der Waals surface area contributed by atoms with Crippen LogP contribution in [0, 0.1) is 6.92 Å². The monoisotopic (exact) mass is 291 g/mol. The molecule has 0 bridgehead atoms. The van der Waals surface area contributed by atoms with E-state index < -0.39 is 0 Å². The predicted molar refractivity (Wildman–Crippen MR) is 84.1 cm³/mol. The van der Waals surface area contributed by atoms with Crippen molar-refractivity contribution < 1.29 is 9.47 Å². The molecule has 20 heavy (non-hydrogen) atoms. The van der Waals surface area contributed by atoms with Gasteiger partial charge in [-0.05, 0) is 43.3 Å². The third-order valence-electron chi connectivity index (χ3n) is 3.19. The van der Waals surface area contributed by atoms with E-state index in [0.29, 0.717) is 0 Å². The fourth-order valence-electron chi connectivity index (χ4n) is 2.23. The second kappa shape index (κ2) is 6.77. The Labute approximate surface area is 124 Å². The number of aryl methyl sites for hydroxylation is 1. The molecule has 0 aliphatic carbocycles. The van der Waals surface area contributed by atoms with Crippen LogP contribution in [0.1, 0.15) is 28.3 Å². The Morgan fingerprint density at radius 3 is 2.40 bits per heavy atom. The zero-order valence-electron chi connectivity index (χ0n) is 12.4. The van der Waals surface area contributed by atoms with Gasteiger partial charge >= 0.3 is 0 Å². The maximum atomic E-state index is 5.40. The number of hydrogen-bond acceptors (Lipinski definition) is 4. The fourth-order valence-corrected chi connectivity index (χ4v) is 3.21. The lowest BCUT2D eigenvalue weighted by molar-refractivity contribution is 0.354. The van der Waals surface area contributed by atoms with Crippen LogP contribution in [0.15, 0.2) is 30.3 Å². The van der Waals surface area contributed by atoms with Gasteiger partial charge < -0.3 is 14.8 Å². The van der Waals surface area contributed by atoms with Crippen molar-refractivity contribution in [2.45, 2.75) is 19.9 Å². The molecule has 2 aromatic rings. The lowest BCUT2D eigenvalue weighted by Crippen LogP contribution is -2.21. The summed E-state index contributed by atoms with van der Waals surface area (Å²) in [6.45, 7) is 5.16. The Morgan fingerprint density at radius 2 is 1.85 bits per heavy atom. The normalized spacial score (nSPS) is 12.2. The molecule has 1 unspecified atom stereocenters. The molecule has 3 nitrogen and oxygen atoms in total. The van der Waals surface area contributed by atoms with Crippen molar-refractivity contribution in [3.63, 3.8) is 0 Å². The molecule has 0 radical (unpaired) electrons. The number of hydrogen-bond donors (Lipinski definition) is 1. The topological polar surface area (TPSA) is 30.5 Å². The minimum atomic E-state index is 0.193. The van der Waals surface area contributed by atoms with Crippen LogP contribution in [0.5, 0.6) is 11.5 Å². The lowest BCUT2D eigenvalue weighted by atomic mass is 10.0. The maximum Gasteiger partial charge on any atom is 0.161 e. The summed E-state index contributed by atoms with van der Waals surface area (Å²) in [7, 11) is 3.32. The van der Waals surface area contributed by atoms with Gasteiger partial charge in [-0.1, -0.05) is 13.0 Å². The standard InChI is InChI=1S/C16H21NO2S/c1-5-17-16(15-9-6-11(2)20-15)12-7-8-13(18-3)14(10-12)19-4/h6-10,16-17H,5H2,1-4H3. The van der Waals surface area contributed by atoms with E-state index in [1.54, 1.807) is 14.2 Å². The molecule has 0 fully saturated rings. The molecule has 0 aliphatic rings. The molecule has 1 N–H and O–H groups in total. The van der Waals surface area contributed by atoms with Crippen LogP contribution in [-0.2, 0) is 0 Å². The van der Waals surface area contributed by atoms with Gasteiger partial charge in [0.1, 0.15) is 0 Å². The van der Waals surface area contributed by atoms with Crippen molar-refractivity contribution in [2.24, 2.45) is 0 Å². The van der Waals surface area contributed by atoms with Gasteiger partial charge in [0.05, 0.1) is 20.3 Å². The minimum absolute atomic E-state index is 0.193. The van der Waals surface area contributed by atoms with Crippen LogP contribution < -0.4 is 14.8 Å². The number of rotatable bonds is 6. The summed E-state index contributed by atoms with van der Waals surface area (Å²) in [5, 5.41) is 3.53. The summed E-state index contributed by atoms with van der Waals surface area (Å²) in [5.74, 6) is 1.52. The minimum Gasteiger partial charge on any atom is -0.493 e. The predicted octanol–water partition coefficient (Wildman–Crippen LogP) is 3.77. The molecule has 0 aliphatic heterocycles. The fraction of sp³-hybridized carbons (Fsp3) is 0.375. The van der Waals surface area contributed by atoms with E-state index in [9.17, 15) is 0 Å². The second-order valence-corrected chi connectivity index (χ2v) is 5.87. The van der Waals surface area contributed by atoms with Gasteiger partial charge in [-0.2, -0.15) is 0 Å². The highest BCUT2D eigenvalue weighted by atomic mass is 32.1. The summed E-state index contributed by atoms with van der Waals surface area (Å²) in [4.78, 5) is 2.64. The van der Waals surface area contributed by atoms with Gasteiger partial charge in [-0.25, -0.2) is 0 Å². The van der Waals surface area contributed by atoms with Gasteiger partial charge in [0.15, 0.2) is 11.5 Å². The Bertz CT molecular complexity index is 565. The molecule has 1 aromatic carbocycles. The average Bonchev–Trinajstić information content (AvgIpc) is 2.90. The van der Waals surface area contributed by atoms with Gasteiger partial charge in [-0.15, -0.1) is 11.3 Å². The highest BCUT2D eigenvalue weighted by molar-refractivity contribution is 7.12. The first-order chi connectivity index (χ1) is 9.69. The van der Waals surface area contributed by atoms with Gasteiger partial charge in [0.2, 0.25) is 0 Å². The van der Waals surface area contributed by atoms with E-state index in [4.69, 9.17) is 9.47 Å². The summed E-state index contributed by atoms with van der Waals surface area (Å²) in [6, 6.07) is 10.6. The van der Waals surface area contributed by atoms with Crippen LogP contribution in [0.3, 0.4) is 0 Å². The summed E-state index contributed by atoms with van der Waals surface area (Å²) in [5.41, 5.74) is 1.19. The first kappa shape index (κ1) is 14.9. The molecule has 0 saturated carbocycles. The molecule has 1 heterocycles. The first-order valence-corrected chi connectivity index (χ1v) is 7.52. The lowest BCUT2D eigenvalue weighted by Gasteiger charge is -2.18. The third kappa shape index (κ3) is 3.14. The number of thiophene rings is 1. The molecule has 4 heteroatoms. The zero-order valence-corrected chi connectivity index (χ0v) is 13.2. The highest BCUT2D eigenvalue weighted by Gasteiger charge is 2.17. The van der Waals surface area contributed by atoms with Crippen LogP contribution in [0.2, 0.25) is 0 Å². The van der Waals surface area contributed by atoms with Crippen molar-refractivity contribution in [1.29, 1.82) is 0 Å². The molecule has 0 amide bonds. The average molecular weight is 291 g/mol. The van der Waals surface area contributed by atoms with Crippen molar-refractivity contribution >= 4 is 11.3 Å². The van der Waals surface area contributed by atoms with Crippen LogP contribution >= 0.6 is 11.3 Å². The molecular formula is C16H21NO2S. The second-order valence-electron chi connectivity index (χ2n) is 4.55. The largest absolute Gasteiger partial charge is 0.493 e. The molecule has 0 saturated heterocycles. The Kier molecular flexibility index (Phi) is 5.04. The summed E-state index contributed by atoms with van der Waals surface area (Å²) >= 11 is 1.82. The maximum absolute atomic E-state index is 5.40. The molecule has 2 rings (SSSR count). The quantitative estimate of drug-likeness (QED) is 0.878. The van der Waals surface area contributed by atoms with Crippen LogP contribution in [0.25, 0.3) is 0 Å². The van der Waals surface area contributed by atoms with Crippen molar-refractivity contribution in [2.75, 3.05) is 20.8 Å². The van der Waals surface area contributed by atoms with Crippen molar-refractivity contribution in [3.8, 4) is 11.5 Å². The van der Waals surface area contributed by atoms with Gasteiger partial charge in [0, 0.05) is 9.75 Å². The number of ether oxygens (including phenoxy) is 2.